The van der Waals surface area contributed by atoms with Crippen molar-refractivity contribution in [2.45, 2.75) is 12.8 Å². The van der Waals surface area contributed by atoms with Crippen molar-refractivity contribution in [1.82, 2.24) is 9.88 Å². The zero-order chi connectivity index (χ0) is 13.2. The number of nitrogens with zero attached hydrogens (tertiary/aromatic N) is 2. The highest BCUT2D eigenvalue weighted by molar-refractivity contribution is 6.06. The number of para-hydroxylation sites is 1. The number of hydrogen-bond acceptors (Lipinski definition) is 3. The van der Waals surface area contributed by atoms with Crippen LogP contribution in [-0.4, -0.2) is 34.7 Å². The van der Waals surface area contributed by atoms with E-state index in [0.29, 0.717) is 31.5 Å². The fourth-order valence-electron chi connectivity index (χ4n) is 2.41. The number of pyridine rings is 1. The maximum Gasteiger partial charge on any atom is 0.254 e. The third-order valence-corrected chi connectivity index (χ3v) is 3.49. The van der Waals surface area contributed by atoms with Crippen LogP contribution in [0.25, 0.3) is 10.9 Å². The van der Waals surface area contributed by atoms with E-state index in [-0.39, 0.29) is 11.7 Å². The SMILES string of the molecule is O=C1CCN(C(=O)c2ccnc3ccccc23)CC1. The van der Waals surface area contributed by atoms with Gasteiger partial charge in [-0.3, -0.25) is 14.6 Å². The third-order valence-electron chi connectivity index (χ3n) is 3.49. The molecule has 0 atom stereocenters. The van der Waals surface area contributed by atoms with E-state index < -0.39 is 0 Å². The first-order valence-electron chi connectivity index (χ1n) is 6.40. The second-order valence-electron chi connectivity index (χ2n) is 4.71. The van der Waals surface area contributed by atoms with Crippen LogP contribution in [0.2, 0.25) is 0 Å². The van der Waals surface area contributed by atoms with Crippen LogP contribution in [-0.2, 0) is 4.79 Å². The minimum absolute atomic E-state index is 0.00824. The van der Waals surface area contributed by atoms with Crippen LogP contribution in [0.4, 0.5) is 0 Å². The Morgan fingerprint density at radius 2 is 1.84 bits per heavy atom. The molecule has 0 unspecified atom stereocenters. The van der Waals surface area contributed by atoms with E-state index in [1.54, 1.807) is 17.2 Å². The maximum absolute atomic E-state index is 12.5. The van der Waals surface area contributed by atoms with Crippen LogP contribution in [0, 0.1) is 0 Å². The van der Waals surface area contributed by atoms with Gasteiger partial charge >= 0.3 is 0 Å². The average molecular weight is 254 g/mol. The Labute approximate surface area is 111 Å². The lowest BCUT2D eigenvalue weighted by Crippen LogP contribution is -2.38. The summed E-state index contributed by atoms with van der Waals surface area (Å²) >= 11 is 0. The van der Waals surface area contributed by atoms with Gasteiger partial charge in [-0.25, -0.2) is 0 Å². The molecule has 3 rings (SSSR count). The first kappa shape index (κ1) is 11.8. The van der Waals surface area contributed by atoms with Gasteiger partial charge in [0.25, 0.3) is 5.91 Å². The fraction of sp³-hybridized carbons (Fsp3) is 0.267. The molecule has 4 nitrogen and oxygen atoms in total. The minimum Gasteiger partial charge on any atom is -0.338 e. The summed E-state index contributed by atoms with van der Waals surface area (Å²) in [5, 5.41) is 0.868. The Morgan fingerprint density at radius 1 is 1.11 bits per heavy atom. The lowest BCUT2D eigenvalue weighted by Gasteiger charge is -2.26. The number of piperidine rings is 1. The van der Waals surface area contributed by atoms with Crippen molar-refractivity contribution in [2.24, 2.45) is 0 Å². The molecule has 96 valence electrons. The van der Waals surface area contributed by atoms with E-state index in [1.165, 1.54) is 0 Å². The number of Topliss-reactive ketones (excluding diaryl/α,β-unsaturated/α-hetero) is 1. The molecule has 0 spiro atoms. The summed E-state index contributed by atoms with van der Waals surface area (Å²) in [4.78, 5) is 29.7. The molecule has 1 amide bonds. The molecule has 1 saturated heterocycles. The number of likely N-dealkylation sites (tertiary alicyclic amines) is 1. The highest BCUT2D eigenvalue weighted by atomic mass is 16.2. The predicted molar refractivity (Wildman–Crippen MR) is 71.9 cm³/mol. The summed E-state index contributed by atoms with van der Waals surface area (Å²) < 4.78 is 0. The number of aromatic nitrogens is 1. The van der Waals surface area contributed by atoms with E-state index in [2.05, 4.69) is 4.98 Å². The van der Waals surface area contributed by atoms with Gasteiger partial charge < -0.3 is 4.90 Å². The van der Waals surface area contributed by atoms with E-state index in [1.807, 2.05) is 24.3 Å². The fourth-order valence-corrected chi connectivity index (χ4v) is 2.41. The summed E-state index contributed by atoms with van der Waals surface area (Å²) in [5.74, 6) is 0.231. The summed E-state index contributed by atoms with van der Waals surface area (Å²) in [7, 11) is 0. The second kappa shape index (κ2) is 4.80. The van der Waals surface area contributed by atoms with Crippen LogP contribution in [0.15, 0.2) is 36.5 Å². The monoisotopic (exact) mass is 254 g/mol. The van der Waals surface area contributed by atoms with Crippen LogP contribution >= 0.6 is 0 Å². The van der Waals surface area contributed by atoms with Crippen molar-refractivity contribution in [1.29, 1.82) is 0 Å². The molecule has 0 N–H and O–H groups in total. The normalized spacial score (nSPS) is 15.8. The van der Waals surface area contributed by atoms with E-state index >= 15 is 0 Å². The summed E-state index contributed by atoms with van der Waals surface area (Å²) in [5.41, 5.74) is 1.49. The number of rotatable bonds is 1. The lowest BCUT2D eigenvalue weighted by atomic mass is 10.1. The molecule has 1 aliphatic rings. The van der Waals surface area contributed by atoms with Gasteiger partial charge in [-0.2, -0.15) is 0 Å². The molecule has 1 fully saturated rings. The van der Waals surface area contributed by atoms with Gasteiger partial charge in [0, 0.05) is 37.5 Å². The predicted octanol–water partition coefficient (Wildman–Crippen LogP) is 2.04. The number of fused-ring (bicyclic) bond motifs is 1. The Kier molecular flexibility index (Phi) is 2.99. The smallest absolute Gasteiger partial charge is 0.254 e. The second-order valence-corrected chi connectivity index (χ2v) is 4.71. The van der Waals surface area contributed by atoms with Crippen LogP contribution in [0.1, 0.15) is 23.2 Å². The van der Waals surface area contributed by atoms with Gasteiger partial charge in [0.05, 0.1) is 11.1 Å². The van der Waals surface area contributed by atoms with E-state index in [9.17, 15) is 9.59 Å². The molecule has 1 aromatic carbocycles. The largest absolute Gasteiger partial charge is 0.338 e. The standard InChI is InChI=1S/C15H14N2O2/c18-11-6-9-17(10-7-11)15(19)13-5-8-16-14-4-2-1-3-12(13)14/h1-5,8H,6-7,9-10H2. The third kappa shape index (κ3) is 2.21. The first-order valence-corrected chi connectivity index (χ1v) is 6.40. The summed E-state index contributed by atoms with van der Waals surface area (Å²) in [6.45, 7) is 1.04. The molecule has 1 aliphatic heterocycles. The van der Waals surface area contributed by atoms with Gasteiger partial charge in [-0.15, -0.1) is 0 Å². The molecule has 0 radical (unpaired) electrons. The molecule has 0 bridgehead atoms. The average Bonchev–Trinajstić information content (AvgIpc) is 2.47. The number of carbonyl (C=O) groups excluding carboxylic acids is 2. The van der Waals surface area contributed by atoms with Crippen LogP contribution in [0.3, 0.4) is 0 Å². The molecule has 1 aromatic heterocycles. The molecular formula is C15H14N2O2. The van der Waals surface area contributed by atoms with Crippen LogP contribution < -0.4 is 0 Å². The molecule has 19 heavy (non-hydrogen) atoms. The highest BCUT2D eigenvalue weighted by Gasteiger charge is 2.22. The Balaban J connectivity index is 1.95. The number of carbonyl (C=O) groups is 2. The molecular weight excluding hydrogens is 240 g/mol. The number of amides is 1. The van der Waals surface area contributed by atoms with E-state index in [0.717, 1.165) is 10.9 Å². The van der Waals surface area contributed by atoms with Gasteiger partial charge in [0.15, 0.2) is 0 Å². The quantitative estimate of drug-likeness (QED) is 0.782. The number of hydrogen-bond donors (Lipinski definition) is 0. The lowest BCUT2D eigenvalue weighted by molar-refractivity contribution is -0.120. The van der Waals surface area contributed by atoms with Crippen molar-refractivity contribution in [3.63, 3.8) is 0 Å². The number of benzene rings is 1. The van der Waals surface area contributed by atoms with Crippen molar-refractivity contribution >= 4 is 22.6 Å². The zero-order valence-electron chi connectivity index (χ0n) is 10.5. The van der Waals surface area contributed by atoms with Crippen molar-refractivity contribution in [3.8, 4) is 0 Å². The molecule has 0 aliphatic carbocycles. The zero-order valence-corrected chi connectivity index (χ0v) is 10.5. The minimum atomic E-state index is -0.00824. The topological polar surface area (TPSA) is 50.3 Å². The molecule has 0 saturated carbocycles. The summed E-state index contributed by atoms with van der Waals surface area (Å²) in [6.07, 6.45) is 2.59. The number of ketones is 1. The Hall–Kier alpha value is -2.23. The van der Waals surface area contributed by atoms with Gasteiger partial charge in [0.2, 0.25) is 0 Å². The molecule has 4 heteroatoms. The molecule has 2 aromatic rings. The highest BCUT2D eigenvalue weighted by Crippen LogP contribution is 2.19. The van der Waals surface area contributed by atoms with Gasteiger partial charge in [-0.05, 0) is 12.1 Å². The van der Waals surface area contributed by atoms with E-state index in [4.69, 9.17) is 0 Å². The van der Waals surface area contributed by atoms with Crippen molar-refractivity contribution in [3.05, 3.63) is 42.1 Å². The first-order chi connectivity index (χ1) is 9.25. The molecule has 2 heterocycles. The van der Waals surface area contributed by atoms with Gasteiger partial charge in [0.1, 0.15) is 5.78 Å². The van der Waals surface area contributed by atoms with Crippen molar-refractivity contribution < 1.29 is 9.59 Å². The van der Waals surface area contributed by atoms with Crippen LogP contribution in [0.5, 0.6) is 0 Å². The Morgan fingerprint density at radius 3 is 2.63 bits per heavy atom. The summed E-state index contributed by atoms with van der Waals surface area (Å²) in [6, 6.07) is 9.36. The Bertz CT molecular complexity index is 636. The van der Waals surface area contributed by atoms with Gasteiger partial charge in [-0.1, -0.05) is 18.2 Å². The maximum atomic E-state index is 12.5. The van der Waals surface area contributed by atoms with Crippen molar-refractivity contribution in [2.75, 3.05) is 13.1 Å².